The highest BCUT2D eigenvalue weighted by molar-refractivity contribution is 6.36. The quantitative estimate of drug-likeness (QED) is 0.259. The predicted octanol–water partition coefficient (Wildman–Crippen LogP) is 4.72. The number of benzene rings is 3. The maximum atomic E-state index is 14.2. The van der Waals surface area contributed by atoms with Gasteiger partial charge in [0.25, 0.3) is 11.8 Å². The van der Waals surface area contributed by atoms with Crippen molar-refractivity contribution in [3.8, 4) is 0 Å². The van der Waals surface area contributed by atoms with Crippen LogP contribution >= 0.6 is 34.8 Å². The van der Waals surface area contributed by atoms with Crippen molar-refractivity contribution in [3.63, 3.8) is 0 Å². The summed E-state index contributed by atoms with van der Waals surface area (Å²) in [5.41, 5.74) is 7.56. The Morgan fingerprint density at radius 3 is 1.60 bits per heavy atom. The Balaban J connectivity index is 1.38. The van der Waals surface area contributed by atoms with Crippen molar-refractivity contribution in [3.05, 3.63) is 106 Å². The summed E-state index contributed by atoms with van der Waals surface area (Å²) >= 11 is 21.0. The summed E-state index contributed by atoms with van der Waals surface area (Å²) < 4.78 is 0. The van der Waals surface area contributed by atoms with E-state index in [9.17, 15) is 19.2 Å². The second-order valence-corrected chi connectivity index (χ2v) is 12.2. The SMILES string of the molecule is CC(C)[C@@H](C(=O)NNC(=O)c1ccccc1Cl)N1C(=O)[C@@H]2[C@H](C1=O)C1(Cl)c3ccccc3C2(Cl)c2ccccc21. The van der Waals surface area contributed by atoms with Gasteiger partial charge < -0.3 is 0 Å². The van der Waals surface area contributed by atoms with Crippen molar-refractivity contribution in [2.75, 3.05) is 0 Å². The number of nitrogens with one attached hydrogen (secondary N) is 2. The Hall–Kier alpha value is -3.39. The summed E-state index contributed by atoms with van der Waals surface area (Å²) in [6.07, 6.45) is 0. The summed E-state index contributed by atoms with van der Waals surface area (Å²) in [5.74, 6) is -5.09. The zero-order valence-electron chi connectivity index (χ0n) is 21.5. The molecule has 3 aromatic carbocycles. The highest BCUT2D eigenvalue weighted by Crippen LogP contribution is 2.69. The normalized spacial score (nSPS) is 26.7. The van der Waals surface area contributed by atoms with Gasteiger partial charge in [-0.25, -0.2) is 0 Å². The lowest BCUT2D eigenvalue weighted by Gasteiger charge is -2.54. The maximum absolute atomic E-state index is 14.2. The Labute approximate surface area is 245 Å². The third kappa shape index (κ3) is 3.44. The number of hydrogen-bond acceptors (Lipinski definition) is 4. The number of halogens is 3. The predicted molar refractivity (Wildman–Crippen MR) is 151 cm³/mol. The van der Waals surface area contributed by atoms with Gasteiger partial charge in [0.1, 0.15) is 15.8 Å². The summed E-state index contributed by atoms with van der Waals surface area (Å²) in [7, 11) is 0. The first-order chi connectivity index (χ1) is 19.0. The van der Waals surface area contributed by atoms with Gasteiger partial charge in [-0.1, -0.05) is 86.1 Å². The lowest BCUT2D eigenvalue weighted by atomic mass is 9.54. The lowest BCUT2D eigenvalue weighted by molar-refractivity contribution is -0.150. The van der Waals surface area contributed by atoms with E-state index < -0.39 is 57.2 Å². The fourth-order valence-corrected chi connectivity index (χ4v) is 7.91. The van der Waals surface area contributed by atoms with E-state index in [1.54, 1.807) is 32.0 Å². The first-order valence-corrected chi connectivity index (χ1v) is 14.0. The van der Waals surface area contributed by atoms with Gasteiger partial charge in [0, 0.05) is 0 Å². The fraction of sp³-hybridized carbons (Fsp3) is 0.267. The average Bonchev–Trinajstić information content (AvgIpc) is 3.21. The van der Waals surface area contributed by atoms with Crippen molar-refractivity contribution in [2.45, 2.75) is 29.6 Å². The van der Waals surface area contributed by atoms with Crippen molar-refractivity contribution in [1.82, 2.24) is 15.8 Å². The lowest BCUT2D eigenvalue weighted by Crippen LogP contribution is -2.57. The van der Waals surface area contributed by atoms with Crippen LogP contribution < -0.4 is 10.9 Å². The molecule has 1 aliphatic heterocycles. The van der Waals surface area contributed by atoms with E-state index in [0.717, 1.165) is 4.90 Å². The number of hydrazine groups is 1. The zero-order valence-corrected chi connectivity index (χ0v) is 23.7. The number of likely N-dealkylation sites (tertiary alicyclic amines) is 1. The number of carbonyl (C=O) groups excluding carboxylic acids is 4. The standard InChI is InChI=1S/C30H24Cl3N3O4/c1-15(2)24(26(38)35-34-25(37)16-9-3-8-14-21(16)31)36-27(39)22-23(28(36)40)30(33)18-11-5-4-10-17(18)29(22,32)19-12-6-7-13-20(19)30/h3-15,22-24H,1-2H3,(H,34,37)(H,35,38)/t22-,23+,24-,29?,30?/m0/s1. The second kappa shape index (κ2) is 9.33. The Morgan fingerprint density at radius 1 is 0.750 bits per heavy atom. The van der Waals surface area contributed by atoms with E-state index in [0.29, 0.717) is 22.3 Å². The van der Waals surface area contributed by atoms with Crippen molar-refractivity contribution >= 4 is 58.4 Å². The molecule has 4 aliphatic rings. The summed E-state index contributed by atoms with van der Waals surface area (Å²) in [6, 6.07) is 19.8. The van der Waals surface area contributed by atoms with Crippen molar-refractivity contribution in [1.29, 1.82) is 0 Å². The van der Waals surface area contributed by atoms with E-state index >= 15 is 0 Å². The molecule has 3 aromatic rings. The number of alkyl halides is 2. The Morgan fingerprint density at radius 2 is 1.18 bits per heavy atom. The molecule has 10 heteroatoms. The monoisotopic (exact) mass is 595 g/mol. The van der Waals surface area contributed by atoms with Gasteiger partial charge in [0.15, 0.2) is 0 Å². The van der Waals surface area contributed by atoms with Gasteiger partial charge >= 0.3 is 0 Å². The van der Waals surface area contributed by atoms with Crippen LogP contribution in [0.2, 0.25) is 5.02 Å². The molecule has 4 amide bonds. The molecular formula is C30H24Cl3N3O4. The van der Waals surface area contributed by atoms with Crippen LogP contribution in [0.25, 0.3) is 0 Å². The van der Waals surface area contributed by atoms with Gasteiger partial charge in [0.05, 0.1) is 22.4 Å². The van der Waals surface area contributed by atoms with Gasteiger partial charge in [-0.2, -0.15) is 0 Å². The van der Waals surface area contributed by atoms with Crippen LogP contribution in [-0.4, -0.2) is 34.6 Å². The minimum atomic E-state index is -1.35. The smallest absolute Gasteiger partial charge is 0.271 e. The third-order valence-corrected chi connectivity index (χ3v) is 9.83. The zero-order chi connectivity index (χ0) is 28.6. The molecule has 0 spiro atoms. The van der Waals surface area contributed by atoms with E-state index in [1.807, 2.05) is 48.5 Å². The van der Waals surface area contributed by atoms with Crippen molar-refractivity contribution < 1.29 is 19.2 Å². The molecule has 0 saturated carbocycles. The number of nitrogens with zero attached hydrogens (tertiary/aromatic N) is 1. The van der Waals surface area contributed by atoms with E-state index in [1.165, 1.54) is 6.07 Å². The van der Waals surface area contributed by atoms with Crippen LogP contribution in [0.1, 0.15) is 46.5 Å². The Kier molecular flexibility index (Phi) is 6.26. The molecule has 3 atom stereocenters. The van der Waals surface area contributed by atoms with Gasteiger partial charge in [0.2, 0.25) is 11.8 Å². The first kappa shape index (κ1) is 26.8. The second-order valence-electron chi connectivity index (χ2n) is 10.6. The third-order valence-electron chi connectivity index (χ3n) is 8.22. The molecule has 3 aliphatic carbocycles. The molecule has 1 heterocycles. The highest BCUT2D eigenvalue weighted by atomic mass is 35.5. The Bertz CT molecular complexity index is 1480. The number of hydrogen-bond donors (Lipinski definition) is 2. The maximum Gasteiger partial charge on any atom is 0.271 e. The molecular weight excluding hydrogens is 573 g/mol. The minimum Gasteiger partial charge on any atom is -0.274 e. The van der Waals surface area contributed by atoms with Crippen LogP contribution in [0.3, 0.4) is 0 Å². The molecule has 7 nitrogen and oxygen atoms in total. The van der Waals surface area contributed by atoms with Crippen LogP contribution in [0.15, 0.2) is 72.8 Å². The summed E-state index contributed by atoms with van der Waals surface area (Å²) in [5, 5.41) is 0.207. The largest absolute Gasteiger partial charge is 0.274 e. The number of amides is 4. The molecule has 7 rings (SSSR count). The highest BCUT2D eigenvalue weighted by Gasteiger charge is 2.73. The van der Waals surface area contributed by atoms with Crippen LogP contribution in [0.4, 0.5) is 0 Å². The molecule has 40 heavy (non-hydrogen) atoms. The van der Waals surface area contributed by atoms with E-state index in [4.69, 9.17) is 34.8 Å². The molecule has 1 saturated heterocycles. The molecule has 204 valence electrons. The summed E-state index contributed by atoms with van der Waals surface area (Å²) in [4.78, 5) is 52.9. The number of rotatable bonds is 4. The summed E-state index contributed by atoms with van der Waals surface area (Å²) in [6.45, 7) is 3.43. The van der Waals surface area contributed by atoms with E-state index in [-0.39, 0.29) is 10.6 Å². The minimum absolute atomic E-state index is 0.158. The van der Waals surface area contributed by atoms with Gasteiger partial charge in [-0.3, -0.25) is 34.9 Å². The van der Waals surface area contributed by atoms with Crippen LogP contribution in [0, 0.1) is 17.8 Å². The van der Waals surface area contributed by atoms with Gasteiger partial charge in [-0.15, -0.1) is 23.2 Å². The molecule has 2 N–H and O–H groups in total. The van der Waals surface area contributed by atoms with E-state index in [2.05, 4.69) is 10.9 Å². The molecule has 1 fully saturated rings. The first-order valence-electron chi connectivity index (χ1n) is 12.8. The molecule has 2 bridgehead atoms. The molecule has 0 unspecified atom stereocenters. The van der Waals surface area contributed by atoms with Crippen LogP contribution in [0.5, 0.6) is 0 Å². The van der Waals surface area contributed by atoms with Crippen molar-refractivity contribution in [2.24, 2.45) is 17.8 Å². The fourth-order valence-electron chi connectivity index (χ4n) is 6.59. The molecule has 0 radical (unpaired) electrons. The van der Waals surface area contributed by atoms with Crippen LogP contribution in [-0.2, 0) is 24.1 Å². The number of carbonyl (C=O) groups is 4. The average molecular weight is 597 g/mol. The number of imide groups is 1. The van der Waals surface area contributed by atoms with Gasteiger partial charge in [-0.05, 0) is 40.3 Å². The topological polar surface area (TPSA) is 95.6 Å². The molecule has 0 aromatic heterocycles.